The Morgan fingerprint density at radius 3 is 2.32 bits per heavy atom. The lowest BCUT2D eigenvalue weighted by molar-refractivity contribution is -0.625. The minimum absolute atomic E-state index is 0.0855. The summed E-state index contributed by atoms with van der Waals surface area (Å²) in [5, 5.41) is 2.53. The maximum absolute atomic E-state index is 2.55. The van der Waals surface area contributed by atoms with E-state index in [4.69, 9.17) is 0 Å². The smallest absolute Gasteiger partial charge is 0.311 e. The Kier molecular flexibility index (Phi) is 1.94. The van der Waals surface area contributed by atoms with Gasteiger partial charge in [0.15, 0.2) is 0 Å². The third-order valence-corrected chi connectivity index (χ3v) is 7.09. The van der Waals surface area contributed by atoms with Crippen LogP contribution in [-0.4, -0.2) is 43.0 Å². The van der Waals surface area contributed by atoms with E-state index in [0.29, 0.717) is 0 Å². The monoisotopic (exact) mass is 364 g/mol. The van der Waals surface area contributed by atoms with Crippen LogP contribution >= 0.6 is 0 Å². The molecule has 5 nitrogen and oxygen atoms in total. The zero-order chi connectivity index (χ0) is 18.4. The van der Waals surface area contributed by atoms with Crippen LogP contribution in [0.2, 0.25) is 0 Å². The fourth-order valence-corrected chi connectivity index (χ4v) is 6.14. The van der Waals surface area contributed by atoms with Gasteiger partial charge in [-0.3, -0.25) is 4.57 Å². The highest BCUT2D eigenvalue weighted by Crippen LogP contribution is 2.49. The highest BCUT2D eigenvalue weighted by molar-refractivity contribution is 6.07. The van der Waals surface area contributed by atoms with Crippen LogP contribution in [0.3, 0.4) is 0 Å². The van der Waals surface area contributed by atoms with Crippen LogP contribution in [0.15, 0.2) is 54.2 Å². The molecule has 0 fully saturated rings. The molecule has 0 N–H and O–H groups in total. The van der Waals surface area contributed by atoms with Crippen molar-refractivity contribution in [1.29, 1.82) is 0 Å². The van der Waals surface area contributed by atoms with E-state index in [9.17, 15) is 0 Å². The van der Waals surface area contributed by atoms with Gasteiger partial charge in [0.05, 0.1) is 11.4 Å². The number of aromatic nitrogens is 3. The summed E-state index contributed by atoms with van der Waals surface area (Å²) >= 11 is 0. The van der Waals surface area contributed by atoms with Gasteiger partial charge in [0.1, 0.15) is 5.69 Å². The average molecular weight is 364 g/mol. The van der Waals surface area contributed by atoms with Gasteiger partial charge in [-0.25, -0.2) is 4.90 Å². The van der Waals surface area contributed by atoms with E-state index in [-0.39, 0.29) is 12.0 Å². The second-order valence-corrected chi connectivity index (χ2v) is 8.45. The molecule has 8 rings (SSSR count). The number of allylic oxidation sites excluding steroid dienone is 2. The molecule has 3 aromatic rings. The van der Waals surface area contributed by atoms with E-state index < -0.39 is 0 Å². The molecule has 134 valence electrons. The van der Waals surface area contributed by atoms with Crippen molar-refractivity contribution in [3.05, 3.63) is 87.7 Å². The van der Waals surface area contributed by atoms with Crippen LogP contribution < -0.4 is 10.7 Å². The van der Waals surface area contributed by atoms with Crippen LogP contribution in [0, 0.1) is 0 Å². The van der Waals surface area contributed by atoms with E-state index in [0.717, 1.165) is 0 Å². The minimum Gasteiger partial charge on any atom is -0.311 e. The summed E-state index contributed by atoms with van der Waals surface area (Å²) in [6, 6.07) is 13.6. The largest absolute Gasteiger partial charge is 0.351 e. The summed E-state index contributed by atoms with van der Waals surface area (Å²) < 4.78 is 10.1. The molecule has 5 aliphatic rings. The van der Waals surface area contributed by atoms with Gasteiger partial charge in [-0.15, -0.1) is 4.58 Å². The Morgan fingerprint density at radius 1 is 0.821 bits per heavy atom. The number of hydrogen-bond donors (Lipinski definition) is 0. The molecular formula is C23H18N5+. The number of hydrogen-bond acceptors (Lipinski definition) is 1. The molecule has 0 aliphatic carbocycles. The molecule has 8 heterocycles. The highest BCUT2D eigenvalue weighted by atomic mass is 15.6. The lowest BCUT2D eigenvalue weighted by Gasteiger charge is -2.41. The predicted molar refractivity (Wildman–Crippen MR) is 107 cm³/mol. The molecule has 0 saturated heterocycles. The molecule has 0 spiro atoms. The minimum atomic E-state index is -0.387. The maximum Gasteiger partial charge on any atom is 0.351 e. The number of likely N-dealkylation sites (N-methyl/N-ethyl adjacent to an activating group) is 1. The number of fused-ring (bicyclic) bond motifs is 1. The fourth-order valence-electron chi connectivity index (χ4n) is 6.14. The molecule has 0 amide bonds. The molecular weight excluding hydrogens is 346 g/mol. The van der Waals surface area contributed by atoms with Gasteiger partial charge in [-0.2, -0.15) is 0 Å². The van der Waals surface area contributed by atoms with Crippen LogP contribution in [0.1, 0.15) is 28.9 Å². The van der Waals surface area contributed by atoms with Crippen LogP contribution in [0.4, 0.5) is 0 Å². The van der Waals surface area contributed by atoms with E-state index >= 15 is 0 Å². The molecule has 0 saturated carbocycles. The summed E-state index contributed by atoms with van der Waals surface area (Å²) in [6.07, 6.45) is 11.6. The Bertz CT molecular complexity index is 1500. The molecule has 2 unspecified atom stereocenters. The molecule has 2 atom stereocenters. The highest BCUT2D eigenvalue weighted by Gasteiger charge is 2.66. The number of rotatable bonds is 1. The summed E-state index contributed by atoms with van der Waals surface area (Å²) in [7, 11) is 4.43. The van der Waals surface area contributed by atoms with Gasteiger partial charge in [0.25, 0.3) is 0 Å². The zero-order valence-electron chi connectivity index (χ0n) is 15.7. The molecule has 3 aromatic heterocycles. The standard InChI is InChI=1S/C23H18N5/c1-24(2)23-22-25-14-3-5-16(25)12-18-7-9-20(27(18)23)21-10-8-19(28(21)23)13-17-6-4-15(11-14)26(17)22/h3-13,22H,1-2H3/q+1. The predicted octanol–water partition coefficient (Wildman–Crippen LogP) is 1.03. The molecule has 5 heteroatoms. The lowest BCUT2D eigenvalue weighted by atomic mass is 10.1. The molecule has 5 aliphatic heterocycles. The van der Waals surface area contributed by atoms with Crippen LogP contribution in [0.25, 0.3) is 18.2 Å². The fraction of sp³-hybridized carbons (Fsp3) is 0.174. The lowest BCUT2D eigenvalue weighted by Crippen LogP contribution is -2.62. The van der Waals surface area contributed by atoms with E-state index in [2.05, 4.69) is 104 Å². The quantitative estimate of drug-likeness (QED) is 0.591. The van der Waals surface area contributed by atoms with Crippen LogP contribution in [-0.2, 0) is 5.79 Å². The van der Waals surface area contributed by atoms with Gasteiger partial charge < -0.3 is 9.13 Å². The first-order valence-corrected chi connectivity index (χ1v) is 9.78. The van der Waals surface area contributed by atoms with E-state index in [1.165, 1.54) is 44.9 Å². The normalized spacial score (nSPS) is 26.1. The summed E-state index contributed by atoms with van der Waals surface area (Å²) in [5.74, 6) is -0.387. The van der Waals surface area contributed by atoms with Crippen molar-refractivity contribution in [2.45, 2.75) is 12.0 Å². The topological polar surface area (TPSA) is 21.0 Å². The van der Waals surface area contributed by atoms with Gasteiger partial charge in [0, 0.05) is 34.6 Å². The first-order chi connectivity index (χ1) is 13.7. The van der Waals surface area contributed by atoms with Crippen molar-refractivity contribution < 1.29 is 4.58 Å². The third-order valence-electron chi connectivity index (χ3n) is 7.09. The number of nitrogens with zero attached hydrogens (tertiary/aromatic N) is 5. The van der Waals surface area contributed by atoms with Gasteiger partial charge in [0.2, 0.25) is 17.6 Å². The zero-order valence-corrected chi connectivity index (χ0v) is 15.7. The SMILES string of the molecule is CN(C)C12C3n4c5ccc4C=c4ccc(n43)=Cc3ccc(n31)C1=[N+]2C(=C5)C=C1. The molecule has 0 bridgehead atoms. The molecule has 0 aromatic carbocycles. The van der Waals surface area contributed by atoms with Crippen molar-refractivity contribution in [3.8, 4) is 0 Å². The second-order valence-electron chi connectivity index (χ2n) is 8.45. The van der Waals surface area contributed by atoms with Gasteiger partial charge >= 0.3 is 5.79 Å². The summed E-state index contributed by atoms with van der Waals surface area (Å²) in [4.78, 5) is 2.40. The molecule has 0 radical (unpaired) electrons. The summed E-state index contributed by atoms with van der Waals surface area (Å²) in [5.41, 5.74) is 7.62. The van der Waals surface area contributed by atoms with Crippen LogP contribution in [0.5, 0.6) is 0 Å². The van der Waals surface area contributed by atoms with Gasteiger partial charge in [-0.05, 0) is 62.6 Å². The Hall–Kier alpha value is -3.31. The van der Waals surface area contributed by atoms with Crippen molar-refractivity contribution in [2.75, 3.05) is 14.1 Å². The van der Waals surface area contributed by atoms with Gasteiger partial charge in [-0.1, -0.05) is 0 Å². The van der Waals surface area contributed by atoms with E-state index in [1.807, 2.05) is 0 Å². The van der Waals surface area contributed by atoms with Crippen molar-refractivity contribution in [3.63, 3.8) is 0 Å². The first kappa shape index (κ1) is 13.8. The Morgan fingerprint density at radius 2 is 1.54 bits per heavy atom. The molecule has 28 heavy (non-hydrogen) atoms. The average Bonchev–Trinajstić information content (AvgIpc) is 3.44. The first-order valence-electron chi connectivity index (χ1n) is 9.78. The van der Waals surface area contributed by atoms with Crippen molar-refractivity contribution in [1.82, 2.24) is 18.6 Å². The van der Waals surface area contributed by atoms with E-state index in [1.54, 1.807) is 0 Å². The Balaban J connectivity index is 1.72. The second kappa shape index (κ2) is 3.93. The maximum atomic E-state index is 2.55. The summed E-state index contributed by atoms with van der Waals surface area (Å²) in [6.45, 7) is 0. The van der Waals surface area contributed by atoms with Crippen molar-refractivity contribution in [2.24, 2.45) is 0 Å². The Labute approximate surface area is 161 Å². The van der Waals surface area contributed by atoms with Crippen molar-refractivity contribution >= 4 is 23.9 Å². The third kappa shape index (κ3) is 1.14.